The van der Waals surface area contributed by atoms with E-state index in [1.807, 2.05) is 30.3 Å². The Morgan fingerprint density at radius 3 is 2.50 bits per heavy atom. The van der Waals surface area contributed by atoms with Crippen molar-refractivity contribution in [3.63, 3.8) is 0 Å². The predicted molar refractivity (Wildman–Crippen MR) is 104 cm³/mol. The first-order valence-corrected chi connectivity index (χ1v) is 8.80. The van der Waals surface area contributed by atoms with Crippen molar-refractivity contribution in [1.82, 2.24) is 10.6 Å². The van der Waals surface area contributed by atoms with Gasteiger partial charge >= 0.3 is 11.8 Å². The third kappa shape index (κ3) is 4.32. The number of methoxy groups -OCH3 is 1. The van der Waals surface area contributed by atoms with Crippen LogP contribution in [0.15, 0.2) is 59.0 Å². The minimum atomic E-state index is -1.46. The number of carbonyl (C=O) groups excluding carboxylic acids is 2. The summed E-state index contributed by atoms with van der Waals surface area (Å²) in [6.07, 6.45) is 0. The number of para-hydroxylation sites is 2. The zero-order valence-corrected chi connectivity index (χ0v) is 15.7. The molecule has 0 spiro atoms. The Bertz CT molecular complexity index is 960. The lowest BCUT2D eigenvalue weighted by Crippen LogP contribution is -2.45. The summed E-state index contributed by atoms with van der Waals surface area (Å²) in [6.45, 7) is 1.49. The number of ether oxygens (including phenoxy) is 1. The maximum absolute atomic E-state index is 12.1. The molecule has 0 saturated heterocycles. The van der Waals surface area contributed by atoms with Gasteiger partial charge in [-0.15, -0.1) is 0 Å². The van der Waals surface area contributed by atoms with Crippen LogP contribution in [0.1, 0.15) is 18.2 Å². The molecule has 0 unspecified atom stereocenters. The molecule has 3 N–H and O–H groups in total. The van der Waals surface area contributed by atoms with E-state index in [1.165, 1.54) is 14.0 Å². The van der Waals surface area contributed by atoms with Gasteiger partial charge in [0.2, 0.25) is 0 Å². The Morgan fingerprint density at radius 2 is 1.75 bits per heavy atom. The summed E-state index contributed by atoms with van der Waals surface area (Å²) in [5.41, 5.74) is -0.0727. The van der Waals surface area contributed by atoms with Gasteiger partial charge in [0.15, 0.2) is 0 Å². The Balaban J connectivity index is 1.57. The lowest BCUT2D eigenvalue weighted by molar-refractivity contribution is -0.140. The summed E-state index contributed by atoms with van der Waals surface area (Å²) < 4.78 is 10.8. The predicted octanol–water partition coefficient (Wildman–Crippen LogP) is 2.08. The Hall–Kier alpha value is -3.32. The highest BCUT2D eigenvalue weighted by Crippen LogP contribution is 2.27. The average Bonchev–Trinajstić information content (AvgIpc) is 3.15. The second-order valence-corrected chi connectivity index (χ2v) is 6.60. The lowest BCUT2D eigenvalue weighted by Gasteiger charge is -2.21. The summed E-state index contributed by atoms with van der Waals surface area (Å²) in [4.78, 5) is 24.1. The molecular weight excluding hydrogens is 360 g/mol. The van der Waals surface area contributed by atoms with Crippen molar-refractivity contribution in [3.8, 4) is 5.75 Å². The van der Waals surface area contributed by atoms with Crippen molar-refractivity contribution in [2.75, 3.05) is 13.7 Å². The molecule has 0 saturated carbocycles. The first-order chi connectivity index (χ1) is 13.4. The molecule has 0 fully saturated rings. The van der Waals surface area contributed by atoms with Crippen molar-refractivity contribution < 1.29 is 23.8 Å². The Morgan fingerprint density at radius 1 is 1.07 bits per heavy atom. The molecule has 0 aliphatic carbocycles. The smallest absolute Gasteiger partial charge is 0.309 e. The molecule has 28 heavy (non-hydrogen) atoms. The monoisotopic (exact) mass is 382 g/mol. The van der Waals surface area contributed by atoms with E-state index in [0.29, 0.717) is 17.1 Å². The summed E-state index contributed by atoms with van der Waals surface area (Å²) in [5.74, 6) is -0.711. The molecule has 146 valence electrons. The Kier molecular flexibility index (Phi) is 5.65. The van der Waals surface area contributed by atoms with E-state index in [2.05, 4.69) is 10.6 Å². The molecule has 1 heterocycles. The molecule has 0 radical (unpaired) electrons. The fourth-order valence-electron chi connectivity index (χ4n) is 2.77. The van der Waals surface area contributed by atoms with E-state index in [9.17, 15) is 14.7 Å². The minimum Gasteiger partial charge on any atom is -0.496 e. The fraction of sp³-hybridized carbons (Fsp3) is 0.238. The van der Waals surface area contributed by atoms with Gasteiger partial charge < -0.3 is 24.9 Å². The molecule has 1 aromatic heterocycles. The zero-order chi connectivity index (χ0) is 20.1. The molecule has 3 aromatic rings. The van der Waals surface area contributed by atoms with Crippen LogP contribution >= 0.6 is 0 Å². The average molecular weight is 382 g/mol. The van der Waals surface area contributed by atoms with Crippen molar-refractivity contribution in [2.24, 2.45) is 0 Å². The normalized spacial score (nSPS) is 13.0. The van der Waals surface area contributed by atoms with Crippen LogP contribution in [-0.2, 0) is 21.7 Å². The molecule has 0 aliphatic rings. The summed E-state index contributed by atoms with van der Waals surface area (Å²) in [5, 5.41) is 16.5. The number of hydrogen-bond acceptors (Lipinski definition) is 5. The third-order valence-electron chi connectivity index (χ3n) is 4.39. The molecule has 0 aliphatic heterocycles. The number of aliphatic hydroxyl groups is 1. The Labute approximate surface area is 162 Å². The van der Waals surface area contributed by atoms with Gasteiger partial charge in [-0.1, -0.05) is 36.4 Å². The highest BCUT2D eigenvalue weighted by Gasteiger charge is 2.29. The number of amides is 2. The summed E-state index contributed by atoms with van der Waals surface area (Å²) in [6, 6.07) is 16.3. The van der Waals surface area contributed by atoms with Gasteiger partial charge in [-0.2, -0.15) is 0 Å². The van der Waals surface area contributed by atoms with Crippen LogP contribution < -0.4 is 15.4 Å². The molecule has 7 heteroatoms. The molecule has 3 rings (SSSR count). The van der Waals surface area contributed by atoms with Gasteiger partial charge in [-0.05, 0) is 25.1 Å². The van der Waals surface area contributed by atoms with E-state index in [1.54, 1.807) is 24.3 Å². The standard InChI is InChI=1S/C21H22N2O5/c1-21(26,18-11-14-7-3-6-10-17(14)28-18)13-23-20(25)19(24)22-12-15-8-4-5-9-16(15)27-2/h3-11,26H,12-13H2,1-2H3,(H,22,24)(H,23,25)/t21-/m0/s1. The second kappa shape index (κ2) is 8.14. The molecule has 7 nitrogen and oxygen atoms in total. The largest absolute Gasteiger partial charge is 0.496 e. The number of rotatable bonds is 6. The van der Waals surface area contributed by atoms with Crippen LogP contribution in [0.5, 0.6) is 5.75 Å². The zero-order valence-electron chi connectivity index (χ0n) is 15.7. The van der Waals surface area contributed by atoms with Gasteiger partial charge in [0.1, 0.15) is 22.7 Å². The third-order valence-corrected chi connectivity index (χ3v) is 4.39. The van der Waals surface area contributed by atoms with E-state index in [4.69, 9.17) is 9.15 Å². The molecule has 2 aromatic carbocycles. The molecule has 2 amide bonds. The summed E-state index contributed by atoms with van der Waals surface area (Å²) >= 11 is 0. The van der Waals surface area contributed by atoms with E-state index < -0.39 is 17.4 Å². The van der Waals surface area contributed by atoms with Crippen LogP contribution in [0.4, 0.5) is 0 Å². The number of hydrogen-bond donors (Lipinski definition) is 3. The minimum absolute atomic E-state index is 0.149. The van der Waals surface area contributed by atoms with Crippen LogP contribution in [0.25, 0.3) is 11.0 Å². The number of furan rings is 1. The van der Waals surface area contributed by atoms with Crippen LogP contribution in [-0.4, -0.2) is 30.6 Å². The highest BCUT2D eigenvalue weighted by atomic mass is 16.5. The maximum Gasteiger partial charge on any atom is 0.309 e. The van der Waals surface area contributed by atoms with E-state index in [0.717, 1.165) is 10.9 Å². The van der Waals surface area contributed by atoms with Crippen molar-refractivity contribution in [3.05, 3.63) is 65.9 Å². The van der Waals surface area contributed by atoms with Gasteiger partial charge in [0, 0.05) is 17.5 Å². The van der Waals surface area contributed by atoms with E-state index in [-0.39, 0.29) is 13.1 Å². The van der Waals surface area contributed by atoms with Crippen LogP contribution in [0, 0.1) is 0 Å². The van der Waals surface area contributed by atoms with Gasteiger partial charge in [0.25, 0.3) is 0 Å². The number of benzene rings is 2. The summed E-state index contributed by atoms with van der Waals surface area (Å²) in [7, 11) is 1.54. The maximum atomic E-state index is 12.1. The lowest BCUT2D eigenvalue weighted by atomic mass is 10.0. The van der Waals surface area contributed by atoms with Crippen LogP contribution in [0.2, 0.25) is 0 Å². The first kappa shape index (κ1) is 19.4. The van der Waals surface area contributed by atoms with Gasteiger partial charge in [0.05, 0.1) is 13.7 Å². The van der Waals surface area contributed by atoms with Crippen LogP contribution in [0.3, 0.4) is 0 Å². The number of carbonyl (C=O) groups is 2. The molecule has 1 atom stereocenters. The van der Waals surface area contributed by atoms with Gasteiger partial charge in [-0.25, -0.2) is 0 Å². The molecular formula is C21H22N2O5. The number of nitrogens with one attached hydrogen (secondary N) is 2. The van der Waals surface area contributed by atoms with Crippen molar-refractivity contribution in [2.45, 2.75) is 19.1 Å². The first-order valence-electron chi connectivity index (χ1n) is 8.80. The van der Waals surface area contributed by atoms with Gasteiger partial charge in [-0.3, -0.25) is 9.59 Å². The second-order valence-electron chi connectivity index (χ2n) is 6.60. The SMILES string of the molecule is COc1ccccc1CNC(=O)C(=O)NC[C@](C)(O)c1cc2ccccc2o1. The topological polar surface area (TPSA) is 101 Å². The molecule has 0 bridgehead atoms. The highest BCUT2D eigenvalue weighted by molar-refractivity contribution is 6.35. The quantitative estimate of drug-likeness (QED) is 0.567. The van der Waals surface area contributed by atoms with Crippen molar-refractivity contribution >= 4 is 22.8 Å². The van der Waals surface area contributed by atoms with E-state index >= 15 is 0 Å². The fourth-order valence-corrected chi connectivity index (χ4v) is 2.77. The number of fused-ring (bicyclic) bond motifs is 1. The van der Waals surface area contributed by atoms with Crippen molar-refractivity contribution in [1.29, 1.82) is 0 Å².